The molecule has 2 heterocycles. The van der Waals surface area contributed by atoms with Gasteiger partial charge < -0.3 is 10.3 Å². The molecule has 1 aliphatic rings. The zero-order valence-electron chi connectivity index (χ0n) is 11.9. The van der Waals surface area contributed by atoms with Gasteiger partial charge in [0.15, 0.2) is 0 Å². The number of nitrogens with two attached hydrogens (primary N) is 1. The fraction of sp³-hybridized carbons (Fsp3) is 0.438. The number of imidazole rings is 1. The summed E-state index contributed by atoms with van der Waals surface area (Å²) in [6.45, 7) is 3.78. The number of hydrogen-bond donors (Lipinski definition) is 1. The SMILES string of the molecule is Cn1ccnc1CN1C[C@@H](CN)[C@H](c2ccccc2)C1. The Morgan fingerprint density at radius 1 is 1.25 bits per heavy atom. The lowest BCUT2D eigenvalue weighted by Gasteiger charge is -2.16. The molecule has 4 nitrogen and oxygen atoms in total. The van der Waals surface area contributed by atoms with Gasteiger partial charge in [-0.05, 0) is 18.0 Å². The predicted molar refractivity (Wildman–Crippen MR) is 80.2 cm³/mol. The Balaban J connectivity index is 1.73. The minimum absolute atomic E-state index is 0.540. The molecule has 3 rings (SSSR count). The number of nitrogens with zero attached hydrogens (tertiary/aromatic N) is 3. The summed E-state index contributed by atoms with van der Waals surface area (Å²) >= 11 is 0. The summed E-state index contributed by atoms with van der Waals surface area (Å²) in [7, 11) is 2.05. The van der Waals surface area contributed by atoms with Gasteiger partial charge in [0.25, 0.3) is 0 Å². The maximum absolute atomic E-state index is 5.98. The minimum Gasteiger partial charge on any atom is -0.337 e. The first-order chi connectivity index (χ1) is 9.78. The molecule has 0 unspecified atom stereocenters. The largest absolute Gasteiger partial charge is 0.337 e. The van der Waals surface area contributed by atoms with Gasteiger partial charge in [-0.15, -0.1) is 0 Å². The smallest absolute Gasteiger partial charge is 0.122 e. The van der Waals surface area contributed by atoms with E-state index in [1.807, 2.05) is 19.4 Å². The molecule has 0 spiro atoms. The molecule has 1 saturated heterocycles. The lowest BCUT2D eigenvalue weighted by molar-refractivity contribution is 0.305. The van der Waals surface area contributed by atoms with Crippen LogP contribution in [0.5, 0.6) is 0 Å². The average molecular weight is 270 g/mol. The number of aryl methyl sites for hydroxylation is 1. The van der Waals surface area contributed by atoms with Crippen molar-refractivity contribution in [1.82, 2.24) is 14.5 Å². The molecule has 1 aliphatic heterocycles. The van der Waals surface area contributed by atoms with Gasteiger partial charge >= 0.3 is 0 Å². The summed E-state index contributed by atoms with van der Waals surface area (Å²) in [6, 6.07) is 10.7. The highest BCUT2D eigenvalue weighted by Crippen LogP contribution is 2.32. The summed E-state index contributed by atoms with van der Waals surface area (Å²) in [4.78, 5) is 6.89. The molecule has 0 aliphatic carbocycles. The van der Waals surface area contributed by atoms with Crippen molar-refractivity contribution in [2.45, 2.75) is 12.5 Å². The van der Waals surface area contributed by atoms with Crippen molar-refractivity contribution in [3.05, 3.63) is 54.1 Å². The molecule has 0 amide bonds. The monoisotopic (exact) mass is 270 g/mol. The fourth-order valence-corrected chi connectivity index (χ4v) is 3.16. The molecule has 0 bridgehead atoms. The summed E-state index contributed by atoms with van der Waals surface area (Å²) in [5.74, 6) is 2.20. The molecule has 4 heteroatoms. The van der Waals surface area contributed by atoms with Gasteiger partial charge in [0.2, 0.25) is 0 Å². The topological polar surface area (TPSA) is 47.1 Å². The molecule has 0 radical (unpaired) electrons. The van der Waals surface area contributed by atoms with Crippen LogP contribution in [0.4, 0.5) is 0 Å². The van der Waals surface area contributed by atoms with Crippen LogP contribution < -0.4 is 5.73 Å². The van der Waals surface area contributed by atoms with E-state index in [0.29, 0.717) is 11.8 Å². The minimum atomic E-state index is 0.540. The molecule has 106 valence electrons. The first kappa shape index (κ1) is 13.3. The van der Waals surface area contributed by atoms with Gasteiger partial charge in [0.1, 0.15) is 5.82 Å². The van der Waals surface area contributed by atoms with Crippen LogP contribution in [0.1, 0.15) is 17.3 Å². The molecule has 2 N–H and O–H groups in total. The van der Waals surface area contributed by atoms with E-state index >= 15 is 0 Å². The van der Waals surface area contributed by atoms with Crippen LogP contribution >= 0.6 is 0 Å². The second-order valence-corrected chi connectivity index (χ2v) is 5.66. The molecular weight excluding hydrogens is 248 g/mol. The molecule has 1 aromatic heterocycles. The fourth-order valence-electron chi connectivity index (χ4n) is 3.16. The Morgan fingerprint density at radius 3 is 2.70 bits per heavy atom. The van der Waals surface area contributed by atoms with Crippen LogP contribution in [-0.2, 0) is 13.6 Å². The zero-order valence-corrected chi connectivity index (χ0v) is 11.9. The van der Waals surface area contributed by atoms with Crippen molar-refractivity contribution in [3.8, 4) is 0 Å². The molecular formula is C16H22N4. The Morgan fingerprint density at radius 2 is 2.05 bits per heavy atom. The number of aromatic nitrogens is 2. The van der Waals surface area contributed by atoms with Gasteiger partial charge in [-0.25, -0.2) is 4.98 Å². The Bertz CT molecular complexity index is 549. The van der Waals surface area contributed by atoms with Crippen molar-refractivity contribution in [1.29, 1.82) is 0 Å². The third-order valence-corrected chi connectivity index (χ3v) is 4.33. The van der Waals surface area contributed by atoms with E-state index in [1.54, 1.807) is 0 Å². The van der Waals surface area contributed by atoms with E-state index in [1.165, 1.54) is 5.56 Å². The predicted octanol–water partition coefficient (Wildman–Crippen LogP) is 1.59. The average Bonchev–Trinajstić information content (AvgIpc) is 3.07. The van der Waals surface area contributed by atoms with Crippen LogP contribution in [-0.4, -0.2) is 34.1 Å². The maximum Gasteiger partial charge on any atom is 0.122 e. The third kappa shape index (κ3) is 2.62. The first-order valence-corrected chi connectivity index (χ1v) is 7.21. The quantitative estimate of drug-likeness (QED) is 0.918. The normalized spacial score (nSPS) is 23.3. The van der Waals surface area contributed by atoms with Crippen LogP contribution in [0, 0.1) is 5.92 Å². The number of likely N-dealkylation sites (tertiary alicyclic amines) is 1. The lowest BCUT2D eigenvalue weighted by Crippen LogP contribution is -2.24. The summed E-state index contributed by atoms with van der Waals surface area (Å²) in [5, 5.41) is 0. The van der Waals surface area contributed by atoms with E-state index in [-0.39, 0.29) is 0 Å². The van der Waals surface area contributed by atoms with Crippen LogP contribution in [0.25, 0.3) is 0 Å². The van der Waals surface area contributed by atoms with Crippen LogP contribution in [0.2, 0.25) is 0 Å². The highest BCUT2D eigenvalue weighted by molar-refractivity contribution is 5.22. The van der Waals surface area contributed by atoms with Crippen LogP contribution in [0.3, 0.4) is 0 Å². The third-order valence-electron chi connectivity index (χ3n) is 4.33. The molecule has 0 saturated carbocycles. The van der Waals surface area contributed by atoms with Crippen molar-refractivity contribution in [3.63, 3.8) is 0 Å². The van der Waals surface area contributed by atoms with E-state index in [2.05, 4.69) is 44.8 Å². The summed E-state index contributed by atoms with van der Waals surface area (Å²) in [6.07, 6.45) is 3.86. The van der Waals surface area contributed by atoms with Crippen molar-refractivity contribution in [2.24, 2.45) is 18.7 Å². The molecule has 1 aromatic carbocycles. The maximum atomic E-state index is 5.98. The first-order valence-electron chi connectivity index (χ1n) is 7.21. The summed E-state index contributed by atoms with van der Waals surface area (Å²) in [5.41, 5.74) is 7.39. The van der Waals surface area contributed by atoms with Crippen LogP contribution in [0.15, 0.2) is 42.7 Å². The van der Waals surface area contributed by atoms with Crippen molar-refractivity contribution >= 4 is 0 Å². The van der Waals surface area contributed by atoms with E-state index in [4.69, 9.17) is 5.73 Å². The van der Waals surface area contributed by atoms with Crippen molar-refractivity contribution < 1.29 is 0 Å². The zero-order chi connectivity index (χ0) is 13.9. The molecule has 2 aromatic rings. The molecule has 2 atom stereocenters. The van der Waals surface area contributed by atoms with Gasteiger partial charge in [-0.1, -0.05) is 30.3 Å². The van der Waals surface area contributed by atoms with Crippen molar-refractivity contribution in [2.75, 3.05) is 19.6 Å². The Labute approximate surface area is 120 Å². The second kappa shape index (κ2) is 5.77. The number of rotatable bonds is 4. The number of benzene rings is 1. The highest BCUT2D eigenvalue weighted by atomic mass is 15.2. The van der Waals surface area contributed by atoms with E-state index in [0.717, 1.165) is 32.0 Å². The number of hydrogen-bond acceptors (Lipinski definition) is 3. The van der Waals surface area contributed by atoms with Gasteiger partial charge in [0, 0.05) is 38.4 Å². The lowest BCUT2D eigenvalue weighted by atomic mass is 9.89. The van der Waals surface area contributed by atoms with Gasteiger partial charge in [-0.3, -0.25) is 4.90 Å². The molecule has 20 heavy (non-hydrogen) atoms. The van der Waals surface area contributed by atoms with E-state index in [9.17, 15) is 0 Å². The Hall–Kier alpha value is -1.65. The highest BCUT2D eigenvalue weighted by Gasteiger charge is 2.33. The van der Waals surface area contributed by atoms with Gasteiger partial charge in [0.05, 0.1) is 6.54 Å². The second-order valence-electron chi connectivity index (χ2n) is 5.66. The summed E-state index contributed by atoms with van der Waals surface area (Å²) < 4.78 is 2.09. The van der Waals surface area contributed by atoms with Gasteiger partial charge in [-0.2, -0.15) is 0 Å². The molecule has 1 fully saturated rings. The Kier molecular flexibility index (Phi) is 3.85. The standard InChI is InChI=1S/C16H22N4/c1-19-8-7-18-16(19)12-20-10-14(9-17)15(11-20)13-5-3-2-4-6-13/h2-8,14-15H,9-12,17H2,1H3/t14-,15+/m1/s1. The van der Waals surface area contributed by atoms with E-state index < -0.39 is 0 Å².